The van der Waals surface area contributed by atoms with Gasteiger partial charge in [-0.1, -0.05) is 11.6 Å². The number of aromatic nitrogens is 2. The first-order valence-electron chi connectivity index (χ1n) is 8.79. The Balaban J connectivity index is 1.31. The summed E-state index contributed by atoms with van der Waals surface area (Å²) in [6.45, 7) is 2.40. The van der Waals surface area contributed by atoms with E-state index in [-0.39, 0.29) is 11.9 Å². The first kappa shape index (κ1) is 18.5. The van der Waals surface area contributed by atoms with Gasteiger partial charge >= 0.3 is 5.97 Å². The molecule has 6 nitrogen and oxygen atoms in total. The van der Waals surface area contributed by atoms with Crippen LogP contribution in [0.4, 0.5) is 5.95 Å². The van der Waals surface area contributed by atoms with Gasteiger partial charge in [0.25, 0.3) is 0 Å². The third-order valence-electron chi connectivity index (χ3n) is 4.28. The summed E-state index contributed by atoms with van der Waals surface area (Å²) in [5.41, 5.74) is 0. The van der Waals surface area contributed by atoms with Crippen molar-refractivity contribution < 1.29 is 14.3 Å². The van der Waals surface area contributed by atoms with Crippen molar-refractivity contribution in [1.82, 2.24) is 9.97 Å². The second kappa shape index (κ2) is 9.38. The van der Waals surface area contributed by atoms with Crippen LogP contribution in [-0.4, -0.2) is 42.2 Å². The highest BCUT2D eigenvalue weighted by Crippen LogP contribution is 2.21. The van der Waals surface area contributed by atoms with E-state index >= 15 is 0 Å². The summed E-state index contributed by atoms with van der Waals surface area (Å²) in [4.78, 5) is 22.8. The average Bonchev–Trinajstić information content (AvgIpc) is 2.70. The lowest BCUT2D eigenvalue weighted by Gasteiger charge is -2.30. The first-order valence-corrected chi connectivity index (χ1v) is 9.17. The number of piperidine rings is 1. The molecule has 138 valence electrons. The normalized spacial score (nSPS) is 14.9. The Hall–Kier alpha value is -2.34. The van der Waals surface area contributed by atoms with Crippen LogP contribution >= 0.6 is 11.6 Å². The zero-order valence-electron chi connectivity index (χ0n) is 14.5. The van der Waals surface area contributed by atoms with Crippen LogP contribution in [0.2, 0.25) is 5.02 Å². The van der Waals surface area contributed by atoms with Crippen LogP contribution in [0.3, 0.4) is 0 Å². The van der Waals surface area contributed by atoms with Crippen LogP contribution in [0.5, 0.6) is 5.75 Å². The summed E-state index contributed by atoms with van der Waals surface area (Å²) < 4.78 is 11.0. The second-order valence-corrected chi connectivity index (χ2v) is 6.57. The minimum Gasteiger partial charge on any atom is -0.493 e. The second-order valence-electron chi connectivity index (χ2n) is 6.13. The minimum absolute atomic E-state index is 0.0489. The number of rotatable bonds is 7. The molecule has 0 unspecified atom stereocenters. The van der Waals surface area contributed by atoms with Crippen LogP contribution < -0.4 is 9.64 Å². The van der Waals surface area contributed by atoms with Gasteiger partial charge in [0.1, 0.15) is 5.75 Å². The van der Waals surface area contributed by atoms with Crippen LogP contribution in [0.1, 0.15) is 19.3 Å². The van der Waals surface area contributed by atoms with Crippen molar-refractivity contribution in [3.05, 3.63) is 47.7 Å². The fourth-order valence-corrected chi connectivity index (χ4v) is 2.97. The summed E-state index contributed by atoms with van der Waals surface area (Å²) >= 11 is 5.82. The van der Waals surface area contributed by atoms with Crippen LogP contribution in [0.25, 0.3) is 0 Å². The molecule has 3 rings (SSSR count). The van der Waals surface area contributed by atoms with Gasteiger partial charge in [-0.3, -0.25) is 4.79 Å². The molecule has 1 aliphatic heterocycles. The Morgan fingerprint density at radius 1 is 1.12 bits per heavy atom. The van der Waals surface area contributed by atoms with Gasteiger partial charge in [0.05, 0.1) is 19.1 Å². The van der Waals surface area contributed by atoms with E-state index in [1.165, 1.54) is 0 Å². The van der Waals surface area contributed by atoms with Gasteiger partial charge in [0.15, 0.2) is 0 Å². The summed E-state index contributed by atoms with van der Waals surface area (Å²) in [6.07, 6.45) is 5.64. The van der Waals surface area contributed by atoms with E-state index in [1.807, 2.05) is 12.1 Å². The molecule has 0 atom stereocenters. The van der Waals surface area contributed by atoms with Crippen molar-refractivity contribution >= 4 is 23.5 Å². The third-order valence-corrected chi connectivity index (χ3v) is 4.53. The number of nitrogens with zero attached hydrogens (tertiary/aromatic N) is 3. The molecule has 0 amide bonds. The van der Waals surface area contributed by atoms with Crippen molar-refractivity contribution in [3.63, 3.8) is 0 Å². The number of benzene rings is 1. The van der Waals surface area contributed by atoms with E-state index in [9.17, 15) is 4.79 Å². The molecule has 1 aliphatic rings. The highest BCUT2D eigenvalue weighted by atomic mass is 35.5. The monoisotopic (exact) mass is 375 g/mol. The van der Waals surface area contributed by atoms with E-state index in [0.717, 1.165) is 37.6 Å². The third kappa shape index (κ3) is 5.33. The quantitative estimate of drug-likeness (QED) is 0.546. The average molecular weight is 376 g/mol. The summed E-state index contributed by atoms with van der Waals surface area (Å²) in [5.74, 6) is 1.31. The van der Waals surface area contributed by atoms with Crippen LogP contribution in [0, 0.1) is 5.92 Å². The van der Waals surface area contributed by atoms with Crippen molar-refractivity contribution in [3.8, 4) is 5.75 Å². The number of hydrogen-bond donors (Lipinski definition) is 0. The Bertz CT molecular complexity index is 689. The first-order chi connectivity index (χ1) is 12.7. The van der Waals surface area contributed by atoms with Gasteiger partial charge in [0.2, 0.25) is 5.95 Å². The maximum Gasteiger partial charge on any atom is 0.309 e. The zero-order valence-corrected chi connectivity index (χ0v) is 15.3. The van der Waals surface area contributed by atoms with Gasteiger partial charge < -0.3 is 14.4 Å². The Labute approximate surface area is 158 Å². The van der Waals surface area contributed by atoms with Gasteiger partial charge in [-0.25, -0.2) is 9.97 Å². The number of halogens is 1. The molecule has 0 saturated carbocycles. The maximum absolute atomic E-state index is 12.2. The molecule has 1 aromatic carbocycles. The van der Waals surface area contributed by atoms with Crippen LogP contribution in [0.15, 0.2) is 42.7 Å². The topological polar surface area (TPSA) is 64.6 Å². The molecule has 1 fully saturated rings. The van der Waals surface area contributed by atoms with E-state index in [2.05, 4.69) is 14.9 Å². The predicted molar refractivity (Wildman–Crippen MR) is 99.5 cm³/mol. The van der Waals surface area contributed by atoms with Crippen LogP contribution in [-0.2, 0) is 9.53 Å². The molecule has 0 aliphatic carbocycles. The van der Waals surface area contributed by atoms with Gasteiger partial charge in [0, 0.05) is 36.9 Å². The van der Waals surface area contributed by atoms with Crippen molar-refractivity contribution in [2.75, 3.05) is 31.2 Å². The summed E-state index contributed by atoms with van der Waals surface area (Å²) in [5, 5.41) is 0.677. The van der Waals surface area contributed by atoms with Crippen molar-refractivity contribution in [2.24, 2.45) is 5.92 Å². The lowest BCUT2D eigenvalue weighted by Crippen LogP contribution is -2.37. The number of hydrogen-bond acceptors (Lipinski definition) is 6. The predicted octanol–water partition coefficient (Wildman–Crippen LogP) is 3.36. The number of anilines is 1. The number of ether oxygens (including phenoxy) is 2. The molecular weight excluding hydrogens is 354 g/mol. The van der Waals surface area contributed by atoms with Gasteiger partial charge in [-0.05, 0) is 43.2 Å². The molecule has 26 heavy (non-hydrogen) atoms. The molecule has 2 aromatic rings. The summed E-state index contributed by atoms with van der Waals surface area (Å²) in [6, 6.07) is 8.99. The largest absolute Gasteiger partial charge is 0.493 e. The molecule has 7 heteroatoms. The molecule has 1 aromatic heterocycles. The maximum atomic E-state index is 12.2. The fraction of sp³-hybridized carbons (Fsp3) is 0.421. The number of carbonyl (C=O) groups excluding carboxylic acids is 1. The Morgan fingerprint density at radius 3 is 2.50 bits per heavy atom. The Kier molecular flexibility index (Phi) is 6.66. The molecule has 0 N–H and O–H groups in total. The highest BCUT2D eigenvalue weighted by molar-refractivity contribution is 6.30. The standard InChI is InChI=1S/C19H22ClN3O3/c20-16-3-5-17(6-4-16)25-13-2-14-26-18(24)15-7-11-23(12-8-15)19-21-9-1-10-22-19/h1,3-6,9-10,15H,2,7-8,11-14H2. The lowest BCUT2D eigenvalue weighted by atomic mass is 9.97. The number of esters is 1. The minimum atomic E-state index is -0.120. The van der Waals surface area contributed by atoms with Crippen molar-refractivity contribution in [1.29, 1.82) is 0 Å². The van der Waals surface area contributed by atoms with E-state index < -0.39 is 0 Å². The molecule has 0 bridgehead atoms. The molecule has 0 spiro atoms. The van der Waals surface area contributed by atoms with E-state index in [4.69, 9.17) is 21.1 Å². The van der Waals surface area contributed by atoms with Crippen molar-refractivity contribution in [2.45, 2.75) is 19.3 Å². The lowest BCUT2D eigenvalue weighted by molar-refractivity contribution is -0.149. The number of carbonyl (C=O) groups is 1. The SMILES string of the molecule is O=C(OCCCOc1ccc(Cl)cc1)C1CCN(c2ncccn2)CC1. The highest BCUT2D eigenvalue weighted by Gasteiger charge is 2.27. The van der Waals surface area contributed by atoms with E-state index in [0.29, 0.717) is 24.7 Å². The smallest absolute Gasteiger partial charge is 0.309 e. The molecular formula is C19H22ClN3O3. The Morgan fingerprint density at radius 2 is 1.81 bits per heavy atom. The zero-order chi connectivity index (χ0) is 18.2. The molecule has 2 heterocycles. The fourth-order valence-electron chi connectivity index (χ4n) is 2.84. The molecule has 0 radical (unpaired) electrons. The molecule has 1 saturated heterocycles. The van der Waals surface area contributed by atoms with Gasteiger partial charge in [-0.2, -0.15) is 0 Å². The van der Waals surface area contributed by atoms with Gasteiger partial charge in [-0.15, -0.1) is 0 Å². The summed E-state index contributed by atoms with van der Waals surface area (Å²) in [7, 11) is 0. The van der Waals surface area contributed by atoms with E-state index in [1.54, 1.807) is 30.6 Å².